The Labute approximate surface area is 359 Å². The van der Waals surface area contributed by atoms with Gasteiger partial charge >= 0.3 is 18.5 Å². The lowest BCUT2D eigenvalue weighted by Crippen LogP contribution is -2.72. The smallest absolute Gasteiger partial charge is 0.472 e. The Morgan fingerprint density at radius 3 is 2.16 bits per heavy atom. The fraction of sp³-hybridized carbons (Fsp3) is 0.605. The third kappa shape index (κ3) is 8.88. The Bertz CT molecular complexity index is 2320. The van der Waals surface area contributed by atoms with Gasteiger partial charge in [-0.05, 0) is 98.0 Å². The van der Waals surface area contributed by atoms with E-state index in [1.807, 2.05) is 4.90 Å². The third-order valence-electron chi connectivity index (χ3n) is 11.9. The summed E-state index contributed by atoms with van der Waals surface area (Å²) >= 11 is 0. The molecule has 0 radical (unpaired) electrons. The lowest BCUT2D eigenvalue weighted by atomic mass is 9.92. The number of benzene rings is 1. The number of fused-ring (bicyclic) bond motifs is 5. The highest BCUT2D eigenvalue weighted by atomic mass is 28.4. The Balaban J connectivity index is 1.61. The van der Waals surface area contributed by atoms with E-state index in [4.69, 9.17) is 23.6 Å². The molecular weight excluding hydrogens is 838 g/mol. The topological polar surface area (TPSA) is 142 Å². The molecule has 6 rings (SSSR count). The minimum absolute atomic E-state index is 0.00970. The Morgan fingerprint density at radius 2 is 1.60 bits per heavy atom. The molecule has 1 aromatic carbocycles. The summed E-state index contributed by atoms with van der Waals surface area (Å²) in [5.41, 5.74) is -5.05. The largest absolute Gasteiger partial charge is 0.573 e. The molecule has 4 atom stereocenters. The van der Waals surface area contributed by atoms with Crippen molar-refractivity contribution in [2.45, 2.75) is 155 Å². The maximum Gasteiger partial charge on any atom is 0.573 e. The van der Waals surface area contributed by atoms with Crippen LogP contribution in [0.2, 0.25) is 18.1 Å². The fourth-order valence-corrected chi connectivity index (χ4v) is 9.34. The Morgan fingerprint density at radius 1 is 0.968 bits per heavy atom. The first-order valence-electron chi connectivity index (χ1n) is 20.5. The van der Waals surface area contributed by atoms with Crippen LogP contribution in [-0.2, 0) is 13.9 Å². The lowest BCUT2D eigenvalue weighted by molar-refractivity contribution is -0.275. The third-order valence-corrected chi connectivity index (χ3v) is 16.4. The zero-order chi connectivity index (χ0) is 46.4. The Kier molecular flexibility index (Phi) is 11.7. The van der Waals surface area contributed by atoms with E-state index < -0.39 is 102 Å². The lowest BCUT2D eigenvalue weighted by Gasteiger charge is -2.54. The molecule has 0 saturated carbocycles. The van der Waals surface area contributed by atoms with Crippen LogP contribution < -0.4 is 19.7 Å². The van der Waals surface area contributed by atoms with Crippen LogP contribution in [0.15, 0.2) is 12.1 Å². The predicted octanol–water partition coefficient (Wildman–Crippen LogP) is 10.5. The van der Waals surface area contributed by atoms with E-state index in [1.54, 1.807) is 53.4 Å². The molecule has 0 spiro atoms. The molecule has 5 heterocycles. The van der Waals surface area contributed by atoms with E-state index in [0.717, 1.165) is 6.07 Å². The number of carbonyl (C=O) groups excluding carboxylic acids is 3. The number of halogens is 5. The van der Waals surface area contributed by atoms with Crippen LogP contribution in [0.3, 0.4) is 0 Å². The summed E-state index contributed by atoms with van der Waals surface area (Å²) in [5, 5.41) is 1.83. The molecule has 2 amide bonds. The van der Waals surface area contributed by atoms with E-state index in [2.05, 4.69) is 48.9 Å². The second-order valence-corrected chi connectivity index (χ2v) is 24.8. The zero-order valence-electron chi connectivity index (χ0n) is 37.7. The molecule has 2 fully saturated rings. The van der Waals surface area contributed by atoms with E-state index in [1.165, 1.54) is 13.8 Å². The van der Waals surface area contributed by atoms with Crippen molar-refractivity contribution >= 4 is 48.6 Å². The van der Waals surface area contributed by atoms with Crippen molar-refractivity contribution in [3.63, 3.8) is 0 Å². The average molecular weight is 894 g/mol. The molecule has 0 unspecified atom stereocenters. The van der Waals surface area contributed by atoms with Crippen LogP contribution in [0.25, 0.3) is 22.0 Å². The highest BCUT2D eigenvalue weighted by molar-refractivity contribution is 6.74. The standard InChI is InChI=1S/C43H56F5N5O8Si/c1-21-28-29-35(50-31(21)22(2)54)52-19-42(20-57-62(13,14)41(10,11)12)16-15-27(53(42)38(56)61-40(7,8)9)33(52)23(3)58-36(29)51-32(30(28)45)25-17-24(49-37(55)60-39(4,5)6)18-26(44)34(25)59-43(46,47)48/h17-18,23,27,33H,15-16,19-20H2,1-14H3,(H,49,55)/t23-,27-,33+,42+/m0/s1. The summed E-state index contributed by atoms with van der Waals surface area (Å²) in [5.74, 6) is -5.01. The van der Waals surface area contributed by atoms with Crippen LogP contribution in [0, 0.1) is 18.6 Å². The minimum atomic E-state index is -5.44. The van der Waals surface area contributed by atoms with Crippen molar-refractivity contribution in [2.75, 3.05) is 23.4 Å². The maximum atomic E-state index is 17.6. The highest BCUT2D eigenvalue weighted by Crippen LogP contribution is 2.52. The first-order valence-corrected chi connectivity index (χ1v) is 23.4. The van der Waals surface area contributed by atoms with Gasteiger partial charge in [-0.2, -0.15) is 0 Å². The van der Waals surface area contributed by atoms with Crippen molar-refractivity contribution in [1.82, 2.24) is 14.9 Å². The SMILES string of the molecule is CC(=O)c1nc2c3c(nc(-c4cc(NC(=O)OC(C)(C)C)cc(F)c4OC(F)(F)F)c(F)c3c1C)O[C@@H](C)[C@@H]1[C@@H]3CC[C@](CO[Si](C)(C)C(C)(C)C)(CN21)N3C(=O)OC(C)(C)C. The highest BCUT2D eigenvalue weighted by Gasteiger charge is 2.62. The van der Waals surface area contributed by atoms with Gasteiger partial charge < -0.3 is 28.3 Å². The van der Waals surface area contributed by atoms with Gasteiger partial charge in [0.05, 0.1) is 35.2 Å². The van der Waals surface area contributed by atoms with E-state index in [9.17, 15) is 27.6 Å². The molecule has 0 aliphatic carbocycles. The number of hydrogen-bond acceptors (Lipinski definition) is 11. The van der Waals surface area contributed by atoms with Crippen molar-refractivity contribution in [3.8, 4) is 22.9 Å². The molecule has 3 aliphatic heterocycles. The molecule has 2 aromatic heterocycles. The summed E-state index contributed by atoms with van der Waals surface area (Å²) in [7, 11) is -2.42. The van der Waals surface area contributed by atoms with Gasteiger partial charge in [0, 0.05) is 30.6 Å². The normalized spacial score (nSPS) is 21.6. The molecule has 62 heavy (non-hydrogen) atoms. The number of hydrogen-bond donors (Lipinski definition) is 1. The number of alkyl halides is 3. The number of nitrogens with one attached hydrogen (secondary N) is 1. The van der Waals surface area contributed by atoms with E-state index >= 15 is 8.78 Å². The molecule has 3 aliphatic rings. The van der Waals surface area contributed by atoms with Crippen molar-refractivity contribution in [1.29, 1.82) is 0 Å². The number of nitrogens with zero attached hydrogens (tertiary/aromatic N) is 4. The number of aryl methyl sites for hydroxylation is 1. The van der Waals surface area contributed by atoms with Gasteiger partial charge in [0.1, 0.15) is 34.5 Å². The maximum absolute atomic E-state index is 17.6. The Hall–Kier alpha value is -4.78. The van der Waals surface area contributed by atoms with Crippen molar-refractivity contribution in [2.24, 2.45) is 0 Å². The molecular formula is C43H56F5N5O8Si. The molecule has 2 saturated heterocycles. The number of pyridine rings is 2. The van der Waals surface area contributed by atoms with Gasteiger partial charge in [0.2, 0.25) is 5.88 Å². The molecule has 1 N–H and O–H groups in total. The molecule has 19 heteroatoms. The van der Waals surface area contributed by atoms with Gasteiger partial charge in [0.25, 0.3) is 0 Å². The van der Waals surface area contributed by atoms with Crippen LogP contribution in [0.1, 0.15) is 105 Å². The quantitative estimate of drug-likeness (QED) is 0.138. The summed E-state index contributed by atoms with van der Waals surface area (Å²) in [6.07, 6.45) is -6.97. The number of rotatable bonds is 7. The number of piperazine rings is 1. The number of carbonyl (C=O) groups is 3. The van der Waals surface area contributed by atoms with Gasteiger partial charge in [-0.3, -0.25) is 15.0 Å². The van der Waals surface area contributed by atoms with Crippen LogP contribution >= 0.6 is 0 Å². The second-order valence-electron chi connectivity index (χ2n) is 20.0. The van der Waals surface area contributed by atoms with Crippen molar-refractivity contribution in [3.05, 3.63) is 35.0 Å². The molecule has 3 aromatic rings. The number of ether oxygens (including phenoxy) is 4. The van der Waals surface area contributed by atoms with Crippen LogP contribution in [-0.4, -0.2) is 95.6 Å². The number of aromatic nitrogens is 2. The molecule has 2 bridgehead atoms. The summed E-state index contributed by atoms with van der Waals surface area (Å²) in [6.45, 7) is 25.1. The fourth-order valence-electron chi connectivity index (χ4n) is 8.28. The summed E-state index contributed by atoms with van der Waals surface area (Å²) in [4.78, 5) is 53.3. The van der Waals surface area contributed by atoms with Crippen molar-refractivity contribution < 1.29 is 59.7 Å². The monoisotopic (exact) mass is 893 g/mol. The second kappa shape index (κ2) is 15.5. The first kappa shape index (κ1) is 46.7. The molecule has 13 nitrogen and oxygen atoms in total. The van der Waals surface area contributed by atoms with Gasteiger partial charge in [-0.15, -0.1) is 13.2 Å². The van der Waals surface area contributed by atoms with E-state index in [-0.39, 0.29) is 51.9 Å². The number of amides is 2. The number of anilines is 2. The van der Waals surface area contributed by atoms with Gasteiger partial charge in [-0.25, -0.2) is 28.3 Å². The van der Waals surface area contributed by atoms with Gasteiger partial charge in [-0.1, -0.05) is 20.8 Å². The van der Waals surface area contributed by atoms with Crippen LogP contribution in [0.5, 0.6) is 11.6 Å². The number of ketones is 1. The van der Waals surface area contributed by atoms with Crippen LogP contribution in [0.4, 0.5) is 43.0 Å². The average Bonchev–Trinajstić information content (AvgIpc) is 3.30. The first-order chi connectivity index (χ1) is 28.2. The number of Topliss-reactive ketones (excluding diaryl/α,β-unsaturated/α-hetero) is 1. The molecule has 340 valence electrons. The summed E-state index contributed by atoms with van der Waals surface area (Å²) in [6, 6.07) is 0.142. The minimum Gasteiger partial charge on any atom is -0.472 e. The van der Waals surface area contributed by atoms with Gasteiger partial charge in [0.15, 0.2) is 31.5 Å². The summed E-state index contributed by atoms with van der Waals surface area (Å²) < 4.78 is 104. The van der Waals surface area contributed by atoms with E-state index in [0.29, 0.717) is 18.9 Å². The predicted molar refractivity (Wildman–Crippen MR) is 224 cm³/mol. The zero-order valence-corrected chi connectivity index (χ0v) is 38.7.